The average molecular weight is 449 g/mol. The minimum Gasteiger partial charge on any atom is -0.351 e. The number of carbonyl (C=O) groups excluding carboxylic acids is 2. The van der Waals surface area contributed by atoms with Crippen molar-refractivity contribution in [2.45, 2.75) is 6.42 Å². The second-order valence-corrected chi connectivity index (χ2v) is 6.56. The molecule has 0 saturated carbocycles. The Hall–Kier alpha value is -3.27. The van der Waals surface area contributed by atoms with Crippen LogP contribution < -0.4 is 16.4 Å². The van der Waals surface area contributed by atoms with Gasteiger partial charge in [0.05, 0.1) is 5.56 Å². The predicted octanol–water partition coefficient (Wildman–Crippen LogP) is 2.69. The topological polar surface area (TPSA) is 117 Å². The van der Waals surface area contributed by atoms with Crippen LogP contribution in [0, 0.1) is 5.82 Å². The third kappa shape index (κ3) is 4.92. The maximum absolute atomic E-state index is 13.3. The molecule has 0 radical (unpaired) electrons. The molecule has 0 atom stereocenters. The molecule has 0 spiro atoms. The van der Waals surface area contributed by atoms with Gasteiger partial charge in [-0.05, 0) is 46.3 Å². The summed E-state index contributed by atoms with van der Waals surface area (Å²) in [6.07, 6.45) is 0.0176. The number of benzene rings is 2. The van der Waals surface area contributed by atoms with Crippen molar-refractivity contribution in [2.24, 2.45) is 0 Å². The predicted molar refractivity (Wildman–Crippen MR) is 102 cm³/mol. The molecule has 144 valence electrons. The standard InChI is InChI=1S/C18H14BrFN4O4/c19-14-5-4-11(20)9-13(14)17(26)21-7-6-15(25)22-12-3-1-2-10(8-12)16-23-18(27)28-24-16/h1-5,8-9H,6-7H2,(H,21,26)(H,22,25)(H,23,24,27). The summed E-state index contributed by atoms with van der Waals surface area (Å²) >= 11 is 3.18. The number of aromatic nitrogens is 2. The van der Waals surface area contributed by atoms with E-state index in [1.54, 1.807) is 24.3 Å². The van der Waals surface area contributed by atoms with Crippen molar-refractivity contribution in [3.8, 4) is 11.4 Å². The Bertz CT molecular complexity index is 1080. The first-order chi connectivity index (χ1) is 13.4. The van der Waals surface area contributed by atoms with E-state index in [0.29, 0.717) is 15.7 Å². The van der Waals surface area contributed by atoms with E-state index in [1.807, 2.05) is 0 Å². The molecule has 2 aromatic carbocycles. The van der Waals surface area contributed by atoms with E-state index in [9.17, 15) is 18.8 Å². The number of amides is 2. The number of hydrogen-bond acceptors (Lipinski definition) is 5. The van der Waals surface area contributed by atoms with Gasteiger partial charge in [-0.25, -0.2) is 9.18 Å². The van der Waals surface area contributed by atoms with Crippen LogP contribution in [0.2, 0.25) is 0 Å². The summed E-state index contributed by atoms with van der Waals surface area (Å²) < 4.78 is 18.2. The zero-order valence-corrected chi connectivity index (χ0v) is 15.9. The Morgan fingerprint density at radius 1 is 1.21 bits per heavy atom. The van der Waals surface area contributed by atoms with E-state index >= 15 is 0 Å². The summed E-state index contributed by atoms with van der Waals surface area (Å²) in [6, 6.07) is 10.4. The summed E-state index contributed by atoms with van der Waals surface area (Å²) in [4.78, 5) is 37.6. The first-order valence-corrected chi connectivity index (χ1v) is 8.91. The van der Waals surface area contributed by atoms with E-state index in [4.69, 9.17) is 0 Å². The van der Waals surface area contributed by atoms with Crippen molar-refractivity contribution >= 4 is 33.4 Å². The molecule has 28 heavy (non-hydrogen) atoms. The molecule has 1 aromatic heterocycles. The van der Waals surface area contributed by atoms with E-state index in [0.717, 1.165) is 6.07 Å². The van der Waals surface area contributed by atoms with Crippen molar-refractivity contribution in [1.29, 1.82) is 0 Å². The van der Waals surface area contributed by atoms with Gasteiger partial charge in [-0.15, -0.1) is 0 Å². The summed E-state index contributed by atoms with van der Waals surface area (Å²) in [5.74, 6) is -1.78. The molecule has 8 nitrogen and oxygen atoms in total. The van der Waals surface area contributed by atoms with Gasteiger partial charge >= 0.3 is 5.76 Å². The van der Waals surface area contributed by atoms with Gasteiger partial charge in [0.25, 0.3) is 5.91 Å². The lowest BCUT2D eigenvalue weighted by atomic mass is 10.2. The molecule has 0 fully saturated rings. The lowest BCUT2D eigenvalue weighted by Crippen LogP contribution is -2.28. The number of nitrogens with one attached hydrogen (secondary N) is 3. The number of halogens is 2. The van der Waals surface area contributed by atoms with Gasteiger partial charge in [0.2, 0.25) is 5.91 Å². The first kappa shape index (κ1) is 19.5. The molecule has 3 N–H and O–H groups in total. The molecule has 1 heterocycles. The summed E-state index contributed by atoms with van der Waals surface area (Å²) in [5.41, 5.74) is 1.20. The smallest absolute Gasteiger partial charge is 0.351 e. The van der Waals surface area contributed by atoms with Crippen LogP contribution in [0.15, 0.2) is 56.3 Å². The fourth-order valence-electron chi connectivity index (χ4n) is 2.38. The van der Waals surface area contributed by atoms with E-state index in [2.05, 4.69) is 41.2 Å². The minimum atomic E-state index is -0.676. The van der Waals surface area contributed by atoms with Gasteiger partial charge in [-0.2, -0.15) is 0 Å². The average Bonchev–Trinajstić information content (AvgIpc) is 3.10. The van der Waals surface area contributed by atoms with Crippen LogP contribution in [0.5, 0.6) is 0 Å². The largest absolute Gasteiger partial charge is 0.439 e. The third-order valence-electron chi connectivity index (χ3n) is 3.67. The van der Waals surface area contributed by atoms with Crippen LogP contribution in [0.3, 0.4) is 0 Å². The number of nitrogens with zero attached hydrogens (tertiary/aromatic N) is 1. The number of aromatic amines is 1. The van der Waals surface area contributed by atoms with Crippen molar-refractivity contribution in [3.05, 3.63) is 68.9 Å². The Morgan fingerprint density at radius 3 is 2.79 bits per heavy atom. The highest BCUT2D eigenvalue weighted by atomic mass is 79.9. The van der Waals surface area contributed by atoms with Gasteiger partial charge in [-0.1, -0.05) is 17.3 Å². The number of rotatable bonds is 6. The van der Waals surface area contributed by atoms with E-state index in [-0.39, 0.29) is 30.3 Å². The molecule has 0 aliphatic carbocycles. The molecule has 0 unspecified atom stereocenters. The number of anilines is 1. The molecular weight excluding hydrogens is 435 g/mol. The van der Waals surface area contributed by atoms with E-state index in [1.165, 1.54) is 12.1 Å². The highest BCUT2D eigenvalue weighted by Gasteiger charge is 2.12. The molecule has 0 aliphatic rings. The van der Waals surface area contributed by atoms with Crippen LogP contribution in [0.25, 0.3) is 11.4 Å². The van der Waals surface area contributed by atoms with Crippen molar-refractivity contribution in [3.63, 3.8) is 0 Å². The first-order valence-electron chi connectivity index (χ1n) is 8.12. The van der Waals surface area contributed by atoms with Crippen LogP contribution in [-0.2, 0) is 4.79 Å². The second kappa shape index (κ2) is 8.61. The zero-order chi connectivity index (χ0) is 20.1. The maximum atomic E-state index is 13.3. The Morgan fingerprint density at radius 2 is 2.04 bits per heavy atom. The van der Waals surface area contributed by atoms with Crippen molar-refractivity contribution in [2.75, 3.05) is 11.9 Å². The number of carbonyl (C=O) groups is 2. The lowest BCUT2D eigenvalue weighted by molar-refractivity contribution is -0.116. The minimum absolute atomic E-state index is 0.0176. The van der Waals surface area contributed by atoms with Gasteiger partial charge in [0.15, 0.2) is 5.82 Å². The third-order valence-corrected chi connectivity index (χ3v) is 4.36. The Balaban J connectivity index is 1.54. The Labute approximate surface area is 166 Å². The van der Waals surface area contributed by atoms with Crippen LogP contribution in [0.1, 0.15) is 16.8 Å². The second-order valence-electron chi connectivity index (χ2n) is 5.70. The lowest BCUT2D eigenvalue weighted by Gasteiger charge is -2.08. The van der Waals surface area contributed by atoms with Gasteiger partial charge in [0.1, 0.15) is 5.82 Å². The van der Waals surface area contributed by atoms with Gasteiger partial charge in [-0.3, -0.25) is 19.1 Å². The maximum Gasteiger partial charge on any atom is 0.439 e. The molecule has 10 heteroatoms. The van der Waals surface area contributed by atoms with Crippen molar-refractivity contribution < 1.29 is 18.5 Å². The Kier molecular flexibility index (Phi) is 5.99. The quantitative estimate of drug-likeness (QED) is 0.535. The normalized spacial score (nSPS) is 10.5. The summed E-state index contributed by atoms with van der Waals surface area (Å²) in [6.45, 7) is 0.0733. The van der Waals surface area contributed by atoms with Crippen LogP contribution in [0.4, 0.5) is 10.1 Å². The SMILES string of the molecule is O=C(CCNC(=O)c1cc(F)ccc1Br)Nc1cccc(-c2noc(=O)[nH]2)c1. The molecule has 0 saturated heterocycles. The molecule has 3 aromatic rings. The number of H-pyrrole nitrogens is 1. The van der Waals surface area contributed by atoms with Crippen LogP contribution >= 0.6 is 15.9 Å². The van der Waals surface area contributed by atoms with E-state index < -0.39 is 17.5 Å². The van der Waals surface area contributed by atoms with Gasteiger partial charge in [0, 0.05) is 28.7 Å². The summed E-state index contributed by atoms with van der Waals surface area (Å²) in [7, 11) is 0. The number of hydrogen-bond donors (Lipinski definition) is 3. The fraction of sp³-hybridized carbons (Fsp3) is 0.111. The molecule has 2 amide bonds. The highest BCUT2D eigenvalue weighted by molar-refractivity contribution is 9.10. The fourth-order valence-corrected chi connectivity index (χ4v) is 2.81. The van der Waals surface area contributed by atoms with Crippen molar-refractivity contribution in [1.82, 2.24) is 15.5 Å². The van der Waals surface area contributed by atoms with Gasteiger partial charge < -0.3 is 10.6 Å². The highest BCUT2D eigenvalue weighted by Crippen LogP contribution is 2.19. The molecule has 3 rings (SSSR count). The zero-order valence-electron chi connectivity index (χ0n) is 14.3. The van der Waals surface area contributed by atoms with Crippen LogP contribution in [-0.4, -0.2) is 28.5 Å². The molecular formula is C18H14BrFN4O4. The molecule has 0 bridgehead atoms. The molecule has 0 aliphatic heterocycles. The summed E-state index contributed by atoms with van der Waals surface area (Å²) in [5, 5.41) is 8.83. The monoisotopic (exact) mass is 448 g/mol.